The molecule has 0 aliphatic heterocycles. The van der Waals surface area contributed by atoms with Gasteiger partial charge in [0.1, 0.15) is 0 Å². The van der Waals surface area contributed by atoms with E-state index in [0.717, 1.165) is 12.3 Å². The van der Waals surface area contributed by atoms with Gasteiger partial charge in [-0.3, -0.25) is 0 Å². The molecule has 66 valence electrons. The molecule has 0 saturated carbocycles. The number of hydrogen-bond acceptors (Lipinski definition) is 0. The zero-order chi connectivity index (χ0) is 8.97. The highest BCUT2D eigenvalue weighted by molar-refractivity contribution is 6.18. The van der Waals surface area contributed by atoms with Crippen LogP contribution in [0.5, 0.6) is 0 Å². The number of halogens is 1. The maximum absolute atomic E-state index is 5.87. The van der Waals surface area contributed by atoms with Gasteiger partial charge in [0.2, 0.25) is 0 Å². The molecule has 1 aromatic rings. The molecule has 1 rings (SSSR count). The predicted molar refractivity (Wildman–Crippen MR) is 54.9 cm³/mol. The van der Waals surface area contributed by atoms with Crippen molar-refractivity contribution in [2.24, 2.45) is 0 Å². The average Bonchev–Trinajstić information content (AvgIpc) is 2.10. The van der Waals surface area contributed by atoms with Crippen LogP contribution in [-0.2, 0) is 0 Å². The molecule has 1 aromatic carbocycles. The fourth-order valence-corrected chi connectivity index (χ4v) is 1.84. The van der Waals surface area contributed by atoms with E-state index in [-0.39, 0.29) is 0 Å². The van der Waals surface area contributed by atoms with Gasteiger partial charge < -0.3 is 0 Å². The summed E-state index contributed by atoms with van der Waals surface area (Å²) in [7, 11) is 0. The molecule has 0 bridgehead atoms. The average molecular weight is 183 g/mol. The Bertz CT molecular complexity index is 239. The standard InChI is InChI=1S/C11H15Cl/c1-3-10(8-12)11-7-5-4-6-9(11)2/h4-7,10H,3,8H2,1-2H3. The summed E-state index contributed by atoms with van der Waals surface area (Å²) in [5, 5.41) is 0. The molecule has 0 N–H and O–H groups in total. The van der Waals surface area contributed by atoms with Gasteiger partial charge in [0.05, 0.1) is 0 Å². The van der Waals surface area contributed by atoms with E-state index in [2.05, 4.69) is 38.1 Å². The van der Waals surface area contributed by atoms with Crippen LogP contribution < -0.4 is 0 Å². The van der Waals surface area contributed by atoms with Crippen molar-refractivity contribution in [1.82, 2.24) is 0 Å². The van der Waals surface area contributed by atoms with E-state index < -0.39 is 0 Å². The molecule has 0 saturated heterocycles. The zero-order valence-corrected chi connectivity index (χ0v) is 8.43. The van der Waals surface area contributed by atoms with E-state index >= 15 is 0 Å². The summed E-state index contributed by atoms with van der Waals surface area (Å²) < 4.78 is 0. The first-order chi connectivity index (χ1) is 5.79. The third-order valence-electron chi connectivity index (χ3n) is 2.31. The number of rotatable bonds is 3. The molecule has 0 nitrogen and oxygen atoms in total. The lowest BCUT2D eigenvalue weighted by Crippen LogP contribution is -2.00. The third kappa shape index (κ3) is 2.01. The van der Waals surface area contributed by atoms with Crippen LogP contribution in [0, 0.1) is 6.92 Å². The topological polar surface area (TPSA) is 0 Å². The van der Waals surface area contributed by atoms with Crippen molar-refractivity contribution in [2.75, 3.05) is 5.88 Å². The van der Waals surface area contributed by atoms with Crippen molar-refractivity contribution < 1.29 is 0 Å². The van der Waals surface area contributed by atoms with Crippen molar-refractivity contribution in [3.8, 4) is 0 Å². The second kappa shape index (κ2) is 4.51. The highest BCUT2D eigenvalue weighted by Gasteiger charge is 2.08. The van der Waals surface area contributed by atoms with Crippen molar-refractivity contribution >= 4 is 11.6 Å². The van der Waals surface area contributed by atoms with Gasteiger partial charge >= 0.3 is 0 Å². The van der Waals surface area contributed by atoms with Crippen LogP contribution >= 0.6 is 11.6 Å². The maximum atomic E-state index is 5.87. The van der Waals surface area contributed by atoms with Gasteiger partial charge in [0, 0.05) is 5.88 Å². The quantitative estimate of drug-likeness (QED) is 0.625. The van der Waals surface area contributed by atoms with E-state index in [1.165, 1.54) is 11.1 Å². The molecular formula is C11H15Cl. The summed E-state index contributed by atoms with van der Waals surface area (Å²) >= 11 is 5.87. The molecule has 1 atom stereocenters. The number of aryl methyl sites for hydroxylation is 1. The molecule has 12 heavy (non-hydrogen) atoms. The number of benzene rings is 1. The predicted octanol–water partition coefficient (Wildman–Crippen LogP) is 3.73. The first-order valence-electron chi connectivity index (χ1n) is 4.41. The summed E-state index contributed by atoms with van der Waals surface area (Å²) in [5.41, 5.74) is 2.75. The Morgan fingerprint density at radius 3 is 2.50 bits per heavy atom. The second-order valence-corrected chi connectivity index (χ2v) is 3.42. The molecule has 0 aromatic heterocycles. The summed E-state index contributed by atoms with van der Waals surface area (Å²) in [5.74, 6) is 1.24. The second-order valence-electron chi connectivity index (χ2n) is 3.12. The molecular weight excluding hydrogens is 168 g/mol. The Balaban J connectivity index is 2.92. The highest BCUT2D eigenvalue weighted by atomic mass is 35.5. The minimum Gasteiger partial charge on any atom is -0.126 e. The molecule has 1 heteroatoms. The van der Waals surface area contributed by atoms with E-state index in [1.807, 2.05) is 0 Å². The first kappa shape index (κ1) is 9.60. The SMILES string of the molecule is CCC(CCl)c1ccccc1C. The summed E-state index contributed by atoms with van der Waals surface area (Å²) in [6.45, 7) is 4.32. The molecule has 0 aliphatic rings. The van der Waals surface area contributed by atoms with Crippen molar-refractivity contribution in [3.05, 3.63) is 35.4 Å². The first-order valence-corrected chi connectivity index (χ1v) is 4.94. The normalized spacial score (nSPS) is 12.9. The summed E-state index contributed by atoms with van der Waals surface area (Å²) in [6, 6.07) is 8.47. The van der Waals surface area contributed by atoms with E-state index in [1.54, 1.807) is 0 Å². The van der Waals surface area contributed by atoms with Crippen molar-refractivity contribution in [1.29, 1.82) is 0 Å². The fourth-order valence-electron chi connectivity index (χ4n) is 1.46. The van der Waals surface area contributed by atoms with Gasteiger partial charge in [-0.2, -0.15) is 0 Å². The van der Waals surface area contributed by atoms with Gasteiger partial charge in [0.25, 0.3) is 0 Å². The van der Waals surface area contributed by atoms with Crippen LogP contribution in [-0.4, -0.2) is 5.88 Å². The smallest absolute Gasteiger partial charge is 0.0292 e. The lowest BCUT2D eigenvalue weighted by molar-refractivity contribution is 0.735. The lowest BCUT2D eigenvalue weighted by atomic mass is 9.94. The lowest BCUT2D eigenvalue weighted by Gasteiger charge is -2.13. The largest absolute Gasteiger partial charge is 0.126 e. The van der Waals surface area contributed by atoms with Crippen LogP contribution in [0.25, 0.3) is 0 Å². The van der Waals surface area contributed by atoms with Gasteiger partial charge in [-0.05, 0) is 30.4 Å². The molecule has 0 spiro atoms. The molecule has 0 aliphatic carbocycles. The summed E-state index contributed by atoms with van der Waals surface area (Å²) in [4.78, 5) is 0. The Morgan fingerprint density at radius 2 is 2.00 bits per heavy atom. The summed E-state index contributed by atoms with van der Waals surface area (Å²) in [6.07, 6.45) is 1.12. The van der Waals surface area contributed by atoms with Gasteiger partial charge in [0.15, 0.2) is 0 Å². The fraction of sp³-hybridized carbons (Fsp3) is 0.455. The van der Waals surface area contributed by atoms with E-state index in [0.29, 0.717) is 5.92 Å². The van der Waals surface area contributed by atoms with Crippen LogP contribution in [0.15, 0.2) is 24.3 Å². The molecule has 0 heterocycles. The Hall–Kier alpha value is -0.490. The van der Waals surface area contributed by atoms with E-state index in [9.17, 15) is 0 Å². The third-order valence-corrected chi connectivity index (χ3v) is 2.68. The van der Waals surface area contributed by atoms with Crippen LogP contribution in [0.3, 0.4) is 0 Å². The number of alkyl halides is 1. The van der Waals surface area contributed by atoms with Gasteiger partial charge in [-0.25, -0.2) is 0 Å². The van der Waals surface area contributed by atoms with Crippen LogP contribution in [0.2, 0.25) is 0 Å². The van der Waals surface area contributed by atoms with Crippen molar-refractivity contribution in [2.45, 2.75) is 26.2 Å². The van der Waals surface area contributed by atoms with Crippen LogP contribution in [0.1, 0.15) is 30.4 Å². The minimum absolute atomic E-state index is 0.521. The zero-order valence-electron chi connectivity index (χ0n) is 7.68. The highest BCUT2D eigenvalue weighted by Crippen LogP contribution is 2.23. The molecule has 1 unspecified atom stereocenters. The molecule has 0 radical (unpaired) electrons. The Labute approximate surface area is 79.6 Å². The molecule has 0 fully saturated rings. The minimum atomic E-state index is 0.521. The van der Waals surface area contributed by atoms with Crippen LogP contribution in [0.4, 0.5) is 0 Å². The van der Waals surface area contributed by atoms with Crippen molar-refractivity contribution in [3.63, 3.8) is 0 Å². The monoisotopic (exact) mass is 182 g/mol. The maximum Gasteiger partial charge on any atom is 0.0292 e. The Kier molecular flexibility index (Phi) is 3.61. The Morgan fingerprint density at radius 1 is 1.33 bits per heavy atom. The number of hydrogen-bond donors (Lipinski definition) is 0. The van der Waals surface area contributed by atoms with E-state index in [4.69, 9.17) is 11.6 Å². The van der Waals surface area contributed by atoms with Gasteiger partial charge in [-0.15, -0.1) is 11.6 Å². The molecule has 0 amide bonds. The van der Waals surface area contributed by atoms with Gasteiger partial charge in [-0.1, -0.05) is 31.2 Å².